The molecule has 3 rings (SSSR count). The summed E-state index contributed by atoms with van der Waals surface area (Å²) in [5, 5.41) is 3.50. The third-order valence-corrected chi connectivity index (χ3v) is 4.96. The largest absolute Gasteiger partial charge is 1.00 e. The van der Waals surface area contributed by atoms with Gasteiger partial charge < -0.3 is 38.8 Å². The molecule has 3 aromatic rings. The van der Waals surface area contributed by atoms with Crippen molar-refractivity contribution >= 4 is 46.9 Å². The fraction of sp³-hybridized carbons (Fsp3) is 0.130. The molecule has 0 radical (unpaired) electrons. The average Bonchev–Trinajstić information content (AvgIpc) is 2.74. The second kappa shape index (κ2) is 11.9. The summed E-state index contributed by atoms with van der Waals surface area (Å²) in [5.41, 5.74) is 2.58. The lowest BCUT2D eigenvalue weighted by molar-refractivity contribution is -0.671. The monoisotopic (exact) mass is 570 g/mol. The zero-order chi connectivity index (χ0) is 21.5. The number of halogens is 3. The van der Waals surface area contributed by atoms with Gasteiger partial charge in [-0.05, 0) is 41.5 Å². The molecule has 162 valence electrons. The number of rotatable bonds is 7. The summed E-state index contributed by atoms with van der Waals surface area (Å²) >= 11 is 11.8. The van der Waals surface area contributed by atoms with Crippen molar-refractivity contribution in [3.8, 4) is 11.5 Å². The van der Waals surface area contributed by atoms with Crippen LogP contribution in [-0.2, 0) is 11.8 Å². The first kappa shape index (κ1) is 25.0. The predicted octanol–water partition coefficient (Wildman–Crippen LogP) is 2.02. The van der Waals surface area contributed by atoms with Gasteiger partial charge in [0.15, 0.2) is 30.5 Å². The Morgan fingerprint density at radius 2 is 1.68 bits per heavy atom. The van der Waals surface area contributed by atoms with Crippen LogP contribution in [0.5, 0.6) is 11.5 Å². The van der Waals surface area contributed by atoms with Gasteiger partial charge >= 0.3 is 0 Å². The number of ether oxygens (including phenoxy) is 2. The molecule has 0 aliphatic rings. The summed E-state index contributed by atoms with van der Waals surface area (Å²) in [6, 6.07) is 14.4. The lowest BCUT2D eigenvalue weighted by atomic mass is 10.1. The summed E-state index contributed by atoms with van der Waals surface area (Å²) in [4.78, 5) is 12.2. The number of amides is 1. The van der Waals surface area contributed by atoms with Gasteiger partial charge in [-0.1, -0.05) is 41.4 Å². The number of aromatic nitrogens is 1. The van der Waals surface area contributed by atoms with E-state index in [0.29, 0.717) is 27.2 Å². The minimum atomic E-state index is -0.323. The molecule has 0 bridgehead atoms. The molecule has 0 unspecified atom stereocenters. The van der Waals surface area contributed by atoms with Gasteiger partial charge in [-0.3, -0.25) is 4.79 Å². The molecule has 1 heterocycles. The Labute approximate surface area is 208 Å². The van der Waals surface area contributed by atoms with Crippen LogP contribution in [0.4, 0.5) is 5.69 Å². The highest BCUT2D eigenvalue weighted by Crippen LogP contribution is 2.29. The minimum Gasteiger partial charge on any atom is -1.00 e. The van der Waals surface area contributed by atoms with E-state index in [9.17, 15) is 4.79 Å². The second-order valence-electron chi connectivity index (χ2n) is 6.51. The highest BCUT2D eigenvalue weighted by molar-refractivity contribution is 6.42. The zero-order valence-electron chi connectivity index (χ0n) is 16.9. The van der Waals surface area contributed by atoms with E-state index in [2.05, 4.69) is 5.32 Å². The third kappa shape index (κ3) is 7.41. The number of carbonyl (C=O) groups excluding carboxylic acids is 1. The Balaban J connectivity index is 0.00000341. The van der Waals surface area contributed by atoms with Crippen molar-refractivity contribution in [3.63, 3.8) is 0 Å². The predicted molar refractivity (Wildman–Crippen MR) is 120 cm³/mol. The number of hydrogen-bond acceptors (Lipinski definition) is 3. The molecule has 0 aliphatic heterocycles. The Bertz CT molecular complexity index is 1070. The van der Waals surface area contributed by atoms with Crippen LogP contribution in [0.2, 0.25) is 10.0 Å². The van der Waals surface area contributed by atoms with Crippen molar-refractivity contribution in [1.29, 1.82) is 0 Å². The molecule has 0 aliphatic carbocycles. The fourth-order valence-corrected chi connectivity index (χ4v) is 2.94. The standard InChI is InChI=1S/C23H20Cl2N2O3.HI/c1-27-11-9-16(10-12-27)3-4-17-5-8-21(22(13-17)29-2)30-15-23(28)26-18-6-7-19(24)20(25)14-18;/h3-14H,15H2,1-2H3;1H/b4-3+;. The summed E-state index contributed by atoms with van der Waals surface area (Å²) in [6.07, 6.45) is 7.97. The first-order chi connectivity index (χ1) is 14.4. The zero-order valence-corrected chi connectivity index (χ0v) is 20.6. The van der Waals surface area contributed by atoms with Gasteiger partial charge in [0.2, 0.25) is 0 Å². The molecular weight excluding hydrogens is 550 g/mol. The molecule has 0 spiro atoms. The number of benzene rings is 2. The maximum absolute atomic E-state index is 12.2. The smallest absolute Gasteiger partial charge is 0.262 e. The first-order valence-corrected chi connectivity index (χ1v) is 9.89. The quantitative estimate of drug-likeness (QED) is 0.349. The Morgan fingerprint density at radius 1 is 0.968 bits per heavy atom. The van der Waals surface area contributed by atoms with Crippen LogP contribution in [-0.4, -0.2) is 19.6 Å². The van der Waals surface area contributed by atoms with Crippen molar-refractivity contribution in [2.75, 3.05) is 19.0 Å². The molecule has 0 fully saturated rings. The third-order valence-electron chi connectivity index (χ3n) is 4.22. The molecule has 2 aromatic carbocycles. The Hall–Kier alpha value is -2.29. The van der Waals surface area contributed by atoms with Crippen LogP contribution in [0, 0.1) is 0 Å². The lowest BCUT2D eigenvalue weighted by Crippen LogP contribution is -3.00. The number of nitrogens with zero attached hydrogens (tertiary/aromatic N) is 1. The highest BCUT2D eigenvalue weighted by Gasteiger charge is 2.09. The second-order valence-corrected chi connectivity index (χ2v) is 7.32. The van der Waals surface area contributed by atoms with Gasteiger partial charge in [-0.2, -0.15) is 0 Å². The SMILES string of the molecule is COc1cc(/C=C/c2cc[n+](C)cc2)ccc1OCC(=O)Nc1ccc(Cl)c(Cl)c1.[I-]. The number of pyridine rings is 1. The summed E-state index contributed by atoms with van der Waals surface area (Å²) in [7, 11) is 3.53. The van der Waals surface area contributed by atoms with Gasteiger partial charge in [0.1, 0.15) is 7.05 Å². The average molecular weight is 571 g/mol. The van der Waals surface area contributed by atoms with Crippen LogP contribution in [0.25, 0.3) is 12.2 Å². The number of aryl methyl sites for hydroxylation is 1. The van der Waals surface area contributed by atoms with Gasteiger partial charge in [-0.15, -0.1) is 0 Å². The van der Waals surface area contributed by atoms with Crippen LogP contribution >= 0.6 is 23.2 Å². The topological polar surface area (TPSA) is 51.4 Å². The molecule has 1 amide bonds. The van der Waals surface area contributed by atoms with Crippen LogP contribution < -0.4 is 43.3 Å². The molecule has 1 aromatic heterocycles. The van der Waals surface area contributed by atoms with Gasteiger partial charge in [-0.25, -0.2) is 4.57 Å². The fourth-order valence-electron chi connectivity index (χ4n) is 2.64. The van der Waals surface area contributed by atoms with Crippen molar-refractivity contribution in [3.05, 3.63) is 82.1 Å². The highest BCUT2D eigenvalue weighted by atomic mass is 127. The molecular formula is C23H21Cl2IN2O3. The molecule has 8 heteroatoms. The van der Waals surface area contributed by atoms with Crippen LogP contribution in [0.1, 0.15) is 11.1 Å². The van der Waals surface area contributed by atoms with E-state index in [1.54, 1.807) is 31.4 Å². The molecule has 0 saturated carbocycles. The van der Waals surface area contributed by atoms with Crippen LogP contribution in [0.3, 0.4) is 0 Å². The molecule has 31 heavy (non-hydrogen) atoms. The van der Waals surface area contributed by atoms with E-state index in [1.165, 1.54) is 0 Å². The van der Waals surface area contributed by atoms with Crippen molar-refractivity contribution in [1.82, 2.24) is 0 Å². The van der Waals surface area contributed by atoms with Crippen molar-refractivity contribution < 1.29 is 42.8 Å². The number of hydrogen-bond donors (Lipinski definition) is 1. The number of nitrogens with one attached hydrogen (secondary N) is 1. The summed E-state index contributed by atoms with van der Waals surface area (Å²) < 4.78 is 13.0. The van der Waals surface area contributed by atoms with Gasteiger partial charge in [0.25, 0.3) is 5.91 Å². The minimum absolute atomic E-state index is 0. The molecule has 1 N–H and O–H groups in total. The normalized spacial score (nSPS) is 10.5. The number of anilines is 1. The summed E-state index contributed by atoms with van der Waals surface area (Å²) in [5.74, 6) is 0.696. The van der Waals surface area contributed by atoms with E-state index in [1.807, 2.05) is 60.4 Å². The molecule has 0 atom stereocenters. The number of methoxy groups -OCH3 is 1. The van der Waals surface area contributed by atoms with Crippen molar-refractivity contribution in [2.45, 2.75) is 0 Å². The van der Waals surface area contributed by atoms with E-state index >= 15 is 0 Å². The maximum atomic E-state index is 12.2. The summed E-state index contributed by atoms with van der Waals surface area (Å²) in [6.45, 7) is -0.174. The molecule has 5 nitrogen and oxygen atoms in total. The number of carbonyl (C=O) groups is 1. The van der Waals surface area contributed by atoms with E-state index in [0.717, 1.165) is 11.1 Å². The van der Waals surface area contributed by atoms with Gasteiger partial charge in [0, 0.05) is 17.8 Å². The van der Waals surface area contributed by atoms with Crippen LogP contribution in [0.15, 0.2) is 60.9 Å². The van der Waals surface area contributed by atoms with Crippen molar-refractivity contribution in [2.24, 2.45) is 7.05 Å². The van der Waals surface area contributed by atoms with Gasteiger partial charge in [0.05, 0.1) is 17.2 Å². The lowest BCUT2D eigenvalue weighted by Gasteiger charge is -2.12. The maximum Gasteiger partial charge on any atom is 0.262 e. The molecule has 0 saturated heterocycles. The van der Waals surface area contributed by atoms with E-state index < -0.39 is 0 Å². The van der Waals surface area contributed by atoms with E-state index in [-0.39, 0.29) is 36.5 Å². The van der Waals surface area contributed by atoms with E-state index in [4.69, 9.17) is 32.7 Å². The Morgan fingerprint density at radius 3 is 2.35 bits per heavy atom. The first-order valence-electron chi connectivity index (χ1n) is 9.14. The Kier molecular flexibility index (Phi) is 9.61.